The molecule has 1 aromatic carbocycles. The highest BCUT2D eigenvalue weighted by Gasteiger charge is 2.23. The van der Waals surface area contributed by atoms with E-state index < -0.39 is 0 Å². The van der Waals surface area contributed by atoms with Crippen molar-refractivity contribution in [1.82, 2.24) is 24.8 Å². The van der Waals surface area contributed by atoms with E-state index in [1.54, 1.807) is 17.5 Å². The first-order valence-corrected chi connectivity index (χ1v) is 12.3. The van der Waals surface area contributed by atoms with Crippen LogP contribution in [0.1, 0.15) is 5.56 Å². The summed E-state index contributed by atoms with van der Waals surface area (Å²) in [5.74, 6) is 1.75. The van der Waals surface area contributed by atoms with Crippen LogP contribution in [0.4, 0.5) is 5.82 Å². The monoisotopic (exact) mass is 464 g/mol. The Bertz CT molecular complexity index is 1380. The van der Waals surface area contributed by atoms with Crippen molar-refractivity contribution >= 4 is 27.4 Å². The second-order valence-electron chi connectivity index (χ2n) is 8.43. The maximum atomic E-state index is 5.06. The second-order valence-corrected chi connectivity index (χ2v) is 9.46. The van der Waals surface area contributed by atoms with E-state index in [0.29, 0.717) is 0 Å². The number of piperazine rings is 1. The highest BCUT2D eigenvalue weighted by Crippen LogP contribution is 2.38. The minimum atomic E-state index is 0.731. The molecule has 1 fully saturated rings. The van der Waals surface area contributed by atoms with Crippen molar-refractivity contribution in [2.75, 3.05) is 31.1 Å². The molecule has 7 heteroatoms. The molecule has 4 aromatic heterocycles. The van der Waals surface area contributed by atoms with Crippen molar-refractivity contribution < 1.29 is 0 Å². The summed E-state index contributed by atoms with van der Waals surface area (Å²) in [6.45, 7) is 4.75. The Morgan fingerprint density at radius 1 is 0.765 bits per heavy atom. The first-order valence-electron chi connectivity index (χ1n) is 11.5. The number of aromatic nitrogens is 4. The lowest BCUT2D eigenvalue weighted by atomic mass is 10.1. The van der Waals surface area contributed by atoms with Gasteiger partial charge < -0.3 is 4.90 Å². The molecule has 0 radical (unpaired) electrons. The van der Waals surface area contributed by atoms with Crippen molar-refractivity contribution in [1.29, 1.82) is 0 Å². The van der Waals surface area contributed by atoms with Crippen LogP contribution in [0.2, 0.25) is 0 Å². The minimum Gasteiger partial charge on any atom is -0.353 e. The van der Waals surface area contributed by atoms with Crippen LogP contribution in [0.15, 0.2) is 85.5 Å². The number of rotatable bonds is 5. The van der Waals surface area contributed by atoms with Gasteiger partial charge in [0.25, 0.3) is 0 Å². The van der Waals surface area contributed by atoms with Crippen LogP contribution in [0.25, 0.3) is 32.0 Å². The van der Waals surface area contributed by atoms with Crippen LogP contribution >= 0.6 is 11.3 Å². The number of hydrogen-bond acceptors (Lipinski definition) is 7. The lowest BCUT2D eigenvalue weighted by Gasteiger charge is -2.35. The predicted molar refractivity (Wildman–Crippen MR) is 138 cm³/mol. The lowest BCUT2D eigenvalue weighted by molar-refractivity contribution is 0.249. The zero-order valence-electron chi connectivity index (χ0n) is 18.7. The molecule has 0 N–H and O–H groups in total. The SMILES string of the molecule is c1ccc(-c2cc3c(N4CCN(Cc5cccnc5)CC4)nc(-c4cccnc4)nc3s2)cc1. The molecular formula is C27H24N6S. The van der Waals surface area contributed by atoms with Crippen LogP contribution in [-0.4, -0.2) is 51.0 Å². The van der Waals surface area contributed by atoms with Crippen molar-refractivity contribution in [2.24, 2.45) is 0 Å². The third kappa shape index (κ3) is 4.27. The van der Waals surface area contributed by atoms with Gasteiger partial charge in [-0.25, -0.2) is 9.97 Å². The average Bonchev–Trinajstić information content (AvgIpc) is 3.35. The smallest absolute Gasteiger partial charge is 0.164 e. The Kier molecular flexibility index (Phi) is 5.71. The summed E-state index contributed by atoms with van der Waals surface area (Å²) in [6.07, 6.45) is 7.40. The standard InChI is InChI=1S/C27H24N6S/c1-2-7-21(8-3-1)24-16-23-26(30-25(31-27(23)34-24)22-9-5-11-29-18-22)33-14-12-32(13-15-33)19-20-6-4-10-28-17-20/h1-11,16-18H,12-15,19H2. The summed E-state index contributed by atoms with van der Waals surface area (Å²) in [7, 11) is 0. The Hall–Kier alpha value is -3.68. The highest BCUT2D eigenvalue weighted by molar-refractivity contribution is 7.22. The molecular weight excluding hydrogens is 440 g/mol. The van der Waals surface area contributed by atoms with E-state index in [1.807, 2.05) is 42.9 Å². The normalized spacial score (nSPS) is 14.5. The molecule has 0 saturated carbocycles. The Morgan fingerprint density at radius 2 is 1.53 bits per heavy atom. The molecule has 34 heavy (non-hydrogen) atoms. The molecule has 1 aliphatic rings. The molecule has 0 atom stereocenters. The van der Waals surface area contributed by atoms with Gasteiger partial charge in [-0.15, -0.1) is 11.3 Å². The molecule has 168 valence electrons. The highest BCUT2D eigenvalue weighted by atomic mass is 32.1. The Labute approximate surface area is 202 Å². The summed E-state index contributed by atoms with van der Waals surface area (Å²) in [6, 6.07) is 20.9. The second kappa shape index (κ2) is 9.29. The fraction of sp³-hybridized carbons (Fsp3) is 0.185. The van der Waals surface area contributed by atoms with Crippen LogP contribution in [-0.2, 0) is 6.54 Å². The number of hydrogen-bond donors (Lipinski definition) is 0. The van der Waals surface area contributed by atoms with E-state index >= 15 is 0 Å². The van der Waals surface area contributed by atoms with Crippen LogP contribution in [0.3, 0.4) is 0 Å². The molecule has 5 aromatic rings. The van der Waals surface area contributed by atoms with Gasteiger partial charge in [0.2, 0.25) is 0 Å². The van der Waals surface area contributed by atoms with Crippen LogP contribution in [0, 0.1) is 0 Å². The fourth-order valence-corrected chi connectivity index (χ4v) is 5.42. The first kappa shape index (κ1) is 20.9. The quantitative estimate of drug-likeness (QED) is 0.359. The molecule has 6 rings (SSSR count). The van der Waals surface area contributed by atoms with Gasteiger partial charge >= 0.3 is 0 Å². The summed E-state index contributed by atoms with van der Waals surface area (Å²) in [4.78, 5) is 25.7. The maximum Gasteiger partial charge on any atom is 0.164 e. The van der Waals surface area contributed by atoms with Gasteiger partial charge in [0.15, 0.2) is 5.82 Å². The van der Waals surface area contributed by atoms with Crippen molar-refractivity contribution in [3.8, 4) is 21.8 Å². The zero-order chi connectivity index (χ0) is 22.7. The van der Waals surface area contributed by atoms with Crippen LogP contribution in [0.5, 0.6) is 0 Å². The molecule has 5 heterocycles. The van der Waals surface area contributed by atoms with Crippen molar-refractivity contribution in [2.45, 2.75) is 6.54 Å². The predicted octanol–water partition coefficient (Wildman–Crippen LogP) is 5.14. The van der Waals surface area contributed by atoms with Gasteiger partial charge in [-0.3, -0.25) is 14.9 Å². The van der Waals surface area contributed by atoms with Gasteiger partial charge in [0, 0.05) is 68.0 Å². The van der Waals surface area contributed by atoms with Gasteiger partial charge in [0.1, 0.15) is 10.6 Å². The van der Waals surface area contributed by atoms with E-state index in [-0.39, 0.29) is 0 Å². The number of nitrogens with zero attached hydrogens (tertiary/aromatic N) is 6. The third-order valence-corrected chi connectivity index (χ3v) is 7.23. The fourth-order valence-electron chi connectivity index (χ4n) is 4.38. The van der Waals surface area contributed by atoms with E-state index in [0.717, 1.165) is 60.1 Å². The van der Waals surface area contributed by atoms with Crippen LogP contribution < -0.4 is 4.90 Å². The summed E-state index contributed by atoms with van der Waals surface area (Å²) < 4.78 is 0. The van der Waals surface area contributed by atoms with Gasteiger partial charge in [-0.05, 0) is 35.4 Å². The summed E-state index contributed by atoms with van der Waals surface area (Å²) in [5, 5.41) is 1.12. The number of thiophene rings is 1. The van der Waals surface area contributed by atoms with E-state index in [4.69, 9.17) is 9.97 Å². The summed E-state index contributed by atoms with van der Waals surface area (Å²) >= 11 is 1.72. The summed E-state index contributed by atoms with van der Waals surface area (Å²) in [5.41, 5.74) is 3.40. The maximum absolute atomic E-state index is 5.06. The number of fused-ring (bicyclic) bond motifs is 1. The molecule has 0 spiro atoms. The van der Waals surface area contributed by atoms with Crippen molar-refractivity contribution in [3.63, 3.8) is 0 Å². The molecule has 0 amide bonds. The number of anilines is 1. The van der Waals surface area contributed by atoms with E-state index in [9.17, 15) is 0 Å². The zero-order valence-corrected chi connectivity index (χ0v) is 19.5. The average molecular weight is 465 g/mol. The molecule has 6 nitrogen and oxygen atoms in total. The number of pyridine rings is 2. The molecule has 1 saturated heterocycles. The Balaban J connectivity index is 1.34. The third-order valence-electron chi connectivity index (χ3n) is 6.15. The van der Waals surface area contributed by atoms with E-state index in [1.165, 1.54) is 16.0 Å². The largest absolute Gasteiger partial charge is 0.353 e. The number of benzene rings is 1. The molecule has 0 aliphatic carbocycles. The lowest BCUT2D eigenvalue weighted by Crippen LogP contribution is -2.46. The molecule has 1 aliphatic heterocycles. The molecule has 0 bridgehead atoms. The van der Waals surface area contributed by atoms with Gasteiger partial charge in [-0.2, -0.15) is 0 Å². The first-order chi connectivity index (χ1) is 16.8. The minimum absolute atomic E-state index is 0.731. The van der Waals surface area contributed by atoms with Gasteiger partial charge in [0.05, 0.1) is 5.39 Å². The Morgan fingerprint density at radius 3 is 2.26 bits per heavy atom. The topological polar surface area (TPSA) is 58.0 Å². The van der Waals surface area contributed by atoms with Gasteiger partial charge in [-0.1, -0.05) is 36.4 Å². The molecule has 0 unspecified atom stereocenters. The van der Waals surface area contributed by atoms with E-state index in [2.05, 4.69) is 56.2 Å². The van der Waals surface area contributed by atoms with Crippen molar-refractivity contribution in [3.05, 3.63) is 91.0 Å².